The van der Waals surface area contributed by atoms with Crippen LogP contribution in [0.25, 0.3) is 0 Å². The normalized spacial score (nSPS) is 18.1. The average Bonchev–Trinajstić information content (AvgIpc) is 2.99. The second-order valence-electron chi connectivity index (χ2n) is 5.76. The highest BCUT2D eigenvalue weighted by Crippen LogP contribution is 2.19. The van der Waals surface area contributed by atoms with Crippen LogP contribution in [-0.2, 0) is 11.3 Å². The number of nitrogens with one attached hydrogen (secondary N) is 1. The van der Waals surface area contributed by atoms with E-state index in [9.17, 15) is 0 Å². The summed E-state index contributed by atoms with van der Waals surface area (Å²) in [6.45, 7) is 11.3. The van der Waals surface area contributed by atoms with E-state index in [0.29, 0.717) is 6.10 Å². The van der Waals surface area contributed by atoms with Gasteiger partial charge >= 0.3 is 0 Å². The topological polar surface area (TPSA) is 37.4 Å². The van der Waals surface area contributed by atoms with Crippen molar-refractivity contribution < 1.29 is 4.74 Å². The van der Waals surface area contributed by atoms with Crippen molar-refractivity contribution in [1.29, 1.82) is 0 Å². The minimum absolute atomic E-state index is 0.373. The Hall–Kier alpha value is -1.13. The smallest absolute Gasteiger partial charge is 0.128 e. The molecule has 4 heteroatoms. The molecule has 21 heavy (non-hydrogen) atoms. The summed E-state index contributed by atoms with van der Waals surface area (Å²) in [6.07, 6.45) is 3.90. The van der Waals surface area contributed by atoms with E-state index in [1.807, 2.05) is 0 Å². The summed E-state index contributed by atoms with van der Waals surface area (Å²) < 4.78 is 5.75. The fourth-order valence-electron chi connectivity index (χ4n) is 2.76. The van der Waals surface area contributed by atoms with Crippen LogP contribution in [0.3, 0.4) is 0 Å². The lowest BCUT2D eigenvalue weighted by atomic mass is 10.2. The van der Waals surface area contributed by atoms with Gasteiger partial charge in [-0.1, -0.05) is 13.0 Å². The summed E-state index contributed by atoms with van der Waals surface area (Å²) in [4.78, 5) is 7.12. The number of pyridine rings is 1. The van der Waals surface area contributed by atoms with Crippen LogP contribution in [0.15, 0.2) is 12.1 Å². The summed E-state index contributed by atoms with van der Waals surface area (Å²) >= 11 is 0. The number of hydrogen-bond acceptors (Lipinski definition) is 4. The van der Waals surface area contributed by atoms with Gasteiger partial charge in [0, 0.05) is 31.9 Å². The summed E-state index contributed by atoms with van der Waals surface area (Å²) in [5, 5.41) is 3.44. The maximum absolute atomic E-state index is 5.75. The number of hydrogen-bond donors (Lipinski definition) is 1. The standard InChI is InChI=1S/C17H29N3O/c1-4-10-18-12-15-8-9-17(19-14(15)3)20(5-2)13-16-7-6-11-21-16/h8-9,16,18H,4-7,10-13H2,1-3H3. The van der Waals surface area contributed by atoms with Gasteiger partial charge in [-0.05, 0) is 51.3 Å². The monoisotopic (exact) mass is 291 g/mol. The van der Waals surface area contributed by atoms with Gasteiger partial charge in [0.05, 0.1) is 6.10 Å². The van der Waals surface area contributed by atoms with E-state index < -0.39 is 0 Å². The Bertz CT molecular complexity index is 430. The molecule has 0 spiro atoms. The molecule has 1 aromatic rings. The molecule has 0 amide bonds. The van der Waals surface area contributed by atoms with E-state index in [1.54, 1.807) is 0 Å². The highest BCUT2D eigenvalue weighted by molar-refractivity contribution is 5.41. The number of ether oxygens (including phenoxy) is 1. The van der Waals surface area contributed by atoms with Crippen LogP contribution >= 0.6 is 0 Å². The van der Waals surface area contributed by atoms with Crippen LogP contribution in [0.5, 0.6) is 0 Å². The highest BCUT2D eigenvalue weighted by atomic mass is 16.5. The highest BCUT2D eigenvalue weighted by Gasteiger charge is 2.19. The Morgan fingerprint density at radius 1 is 1.38 bits per heavy atom. The van der Waals surface area contributed by atoms with Crippen molar-refractivity contribution in [1.82, 2.24) is 10.3 Å². The molecule has 1 saturated heterocycles. The van der Waals surface area contributed by atoms with Crippen LogP contribution in [0.4, 0.5) is 5.82 Å². The molecular weight excluding hydrogens is 262 g/mol. The van der Waals surface area contributed by atoms with E-state index >= 15 is 0 Å². The van der Waals surface area contributed by atoms with Crippen molar-refractivity contribution >= 4 is 5.82 Å². The molecule has 1 fully saturated rings. The largest absolute Gasteiger partial charge is 0.376 e. The third-order valence-corrected chi connectivity index (χ3v) is 4.08. The maximum atomic E-state index is 5.75. The molecule has 2 heterocycles. The van der Waals surface area contributed by atoms with Gasteiger partial charge in [0.2, 0.25) is 0 Å². The number of likely N-dealkylation sites (N-methyl/N-ethyl adjacent to an activating group) is 1. The molecule has 1 aliphatic rings. The predicted octanol–water partition coefficient (Wildman–Crippen LogP) is 2.89. The summed E-state index contributed by atoms with van der Waals surface area (Å²) in [6, 6.07) is 4.35. The zero-order valence-electron chi connectivity index (χ0n) is 13.7. The van der Waals surface area contributed by atoms with Crippen LogP contribution < -0.4 is 10.2 Å². The molecule has 0 bridgehead atoms. The van der Waals surface area contributed by atoms with Gasteiger partial charge in [0.15, 0.2) is 0 Å². The minimum atomic E-state index is 0.373. The molecule has 1 atom stereocenters. The first-order chi connectivity index (χ1) is 10.2. The summed E-state index contributed by atoms with van der Waals surface area (Å²) in [7, 11) is 0. The lowest BCUT2D eigenvalue weighted by molar-refractivity contribution is 0.115. The lowest BCUT2D eigenvalue weighted by Crippen LogP contribution is -2.32. The Balaban J connectivity index is 1.98. The van der Waals surface area contributed by atoms with Gasteiger partial charge in [-0.25, -0.2) is 4.98 Å². The second-order valence-corrected chi connectivity index (χ2v) is 5.76. The maximum Gasteiger partial charge on any atom is 0.128 e. The number of rotatable bonds is 8. The molecule has 0 radical (unpaired) electrons. The molecule has 0 saturated carbocycles. The van der Waals surface area contributed by atoms with Crippen molar-refractivity contribution in [3.05, 3.63) is 23.4 Å². The van der Waals surface area contributed by atoms with Crippen molar-refractivity contribution in [2.75, 3.05) is 31.1 Å². The van der Waals surface area contributed by atoms with E-state index in [2.05, 4.69) is 43.1 Å². The van der Waals surface area contributed by atoms with Crippen molar-refractivity contribution in [2.24, 2.45) is 0 Å². The van der Waals surface area contributed by atoms with E-state index in [1.165, 1.54) is 18.4 Å². The number of nitrogens with zero attached hydrogens (tertiary/aromatic N) is 2. The number of aromatic nitrogens is 1. The quantitative estimate of drug-likeness (QED) is 0.747. The zero-order valence-corrected chi connectivity index (χ0v) is 13.7. The predicted molar refractivity (Wildman–Crippen MR) is 87.8 cm³/mol. The van der Waals surface area contributed by atoms with Gasteiger partial charge in [-0.3, -0.25) is 0 Å². The van der Waals surface area contributed by atoms with E-state index in [0.717, 1.165) is 50.7 Å². The summed E-state index contributed by atoms with van der Waals surface area (Å²) in [5.41, 5.74) is 2.42. The second kappa shape index (κ2) is 8.35. The van der Waals surface area contributed by atoms with Gasteiger partial charge in [-0.2, -0.15) is 0 Å². The Morgan fingerprint density at radius 2 is 2.24 bits per heavy atom. The molecular formula is C17H29N3O. The van der Waals surface area contributed by atoms with Gasteiger partial charge < -0.3 is 15.0 Å². The molecule has 118 valence electrons. The molecule has 2 rings (SSSR count). The van der Waals surface area contributed by atoms with E-state index in [-0.39, 0.29) is 0 Å². The van der Waals surface area contributed by atoms with Crippen molar-refractivity contribution in [3.63, 3.8) is 0 Å². The Kier molecular flexibility index (Phi) is 6.46. The van der Waals surface area contributed by atoms with Crippen LogP contribution in [0.2, 0.25) is 0 Å². The number of aryl methyl sites for hydroxylation is 1. The first-order valence-corrected chi connectivity index (χ1v) is 8.28. The van der Waals surface area contributed by atoms with Crippen LogP contribution in [0, 0.1) is 6.92 Å². The molecule has 1 aromatic heterocycles. The summed E-state index contributed by atoms with van der Waals surface area (Å²) in [5.74, 6) is 1.07. The van der Waals surface area contributed by atoms with Crippen molar-refractivity contribution in [3.8, 4) is 0 Å². The third-order valence-electron chi connectivity index (χ3n) is 4.08. The molecule has 1 aliphatic heterocycles. The van der Waals surface area contributed by atoms with Gasteiger partial charge in [0.25, 0.3) is 0 Å². The third kappa shape index (κ3) is 4.68. The molecule has 4 nitrogen and oxygen atoms in total. The number of anilines is 1. The first-order valence-electron chi connectivity index (χ1n) is 8.28. The Labute approximate surface area is 128 Å². The van der Waals surface area contributed by atoms with Gasteiger partial charge in [0.1, 0.15) is 5.82 Å². The molecule has 1 unspecified atom stereocenters. The molecule has 1 N–H and O–H groups in total. The fraction of sp³-hybridized carbons (Fsp3) is 0.706. The van der Waals surface area contributed by atoms with Crippen molar-refractivity contribution in [2.45, 2.75) is 52.7 Å². The Morgan fingerprint density at radius 3 is 2.86 bits per heavy atom. The van der Waals surface area contributed by atoms with E-state index in [4.69, 9.17) is 9.72 Å². The SMILES string of the molecule is CCCNCc1ccc(N(CC)CC2CCCO2)nc1C. The van der Waals surface area contributed by atoms with Gasteiger partial charge in [-0.15, -0.1) is 0 Å². The van der Waals surface area contributed by atoms with Crippen LogP contribution in [0.1, 0.15) is 44.4 Å². The van der Waals surface area contributed by atoms with Crippen LogP contribution in [-0.4, -0.2) is 37.3 Å². The molecule has 0 aliphatic carbocycles. The zero-order chi connectivity index (χ0) is 15.1. The first kappa shape index (κ1) is 16.2. The lowest BCUT2D eigenvalue weighted by Gasteiger charge is -2.25. The fourth-order valence-corrected chi connectivity index (χ4v) is 2.76. The minimum Gasteiger partial charge on any atom is -0.376 e. The molecule has 0 aromatic carbocycles. The average molecular weight is 291 g/mol.